The molecule has 0 fully saturated rings. The first-order chi connectivity index (χ1) is 46.5. The van der Waals surface area contributed by atoms with E-state index in [9.17, 15) is 61.1 Å². The van der Waals surface area contributed by atoms with Crippen molar-refractivity contribution in [2.75, 3.05) is 26.4 Å². The summed E-state index contributed by atoms with van der Waals surface area (Å²) < 4.78 is 195. The topological polar surface area (TPSA) is 170 Å². The fourth-order valence-electron chi connectivity index (χ4n) is 9.57. The minimum atomic E-state index is -6.56. The van der Waals surface area contributed by atoms with Crippen LogP contribution in [0.15, 0.2) is 286 Å². The van der Waals surface area contributed by atoms with Crippen molar-refractivity contribution >= 4 is 63.6 Å². The fraction of sp³-hybridized carbons (Fsp3) is 0.189. The average Bonchev–Trinajstić information content (AvgIpc) is 0.786. The molecule has 12 nitrogen and oxygen atoms in total. The number of halogens is 8. The van der Waals surface area contributed by atoms with E-state index in [1.807, 2.05) is 0 Å². The minimum absolute atomic E-state index is 0. The first-order valence-electron chi connectivity index (χ1n) is 29.8. The largest absolute Gasteiger partial charge is 1.00 e. The van der Waals surface area contributed by atoms with Crippen molar-refractivity contribution in [1.29, 1.82) is 0 Å². The zero-order chi connectivity index (χ0) is 71.3. The summed E-state index contributed by atoms with van der Waals surface area (Å²) in [4.78, 5) is 7.87. The Morgan fingerprint density at radius 3 is 0.899 bits per heavy atom. The maximum absolute atomic E-state index is 13.1. The number of alkyl halides is 8. The molecule has 0 saturated heterocycles. The van der Waals surface area contributed by atoms with Crippen LogP contribution in [-0.4, -0.2) is 75.1 Å². The van der Waals surface area contributed by atoms with Crippen molar-refractivity contribution in [2.45, 2.75) is 93.0 Å². The van der Waals surface area contributed by atoms with Crippen LogP contribution in [0.25, 0.3) is 21.5 Å². The van der Waals surface area contributed by atoms with Crippen molar-refractivity contribution < 1.29 is 108 Å². The molecule has 0 aliphatic carbocycles. The smallest absolute Gasteiger partial charge is 0.743 e. The third-order valence-corrected chi connectivity index (χ3v) is 20.3. The van der Waals surface area contributed by atoms with Crippen LogP contribution in [0.2, 0.25) is 0 Å². The molecule has 0 aromatic heterocycles. The molecule has 0 heterocycles. The van der Waals surface area contributed by atoms with Gasteiger partial charge in [0.1, 0.15) is 37.9 Å². The number of ether oxygens (including phenoxy) is 6. The molecule has 0 N–H and O–H groups in total. The van der Waals surface area contributed by atoms with Crippen molar-refractivity contribution in [3.05, 3.63) is 290 Å². The first-order valence-corrected chi connectivity index (χ1v) is 35.0. The van der Waals surface area contributed by atoms with Gasteiger partial charge in [0.2, 0.25) is 0 Å². The summed E-state index contributed by atoms with van der Waals surface area (Å²) in [6, 6.07) is 74.2. The Labute approximate surface area is 588 Å². The Balaban J connectivity index is 0.000000208. The molecule has 99 heavy (non-hydrogen) atoms. The van der Waals surface area contributed by atoms with Crippen LogP contribution in [0.4, 0.5) is 35.1 Å². The predicted molar refractivity (Wildman–Crippen MR) is 362 cm³/mol. The second-order valence-corrected chi connectivity index (χ2v) is 28.2. The molecule has 0 aliphatic heterocycles. The van der Waals surface area contributed by atoms with Crippen molar-refractivity contribution in [2.24, 2.45) is 0 Å². The van der Waals surface area contributed by atoms with Crippen LogP contribution in [0, 0.1) is 27.7 Å². The van der Waals surface area contributed by atoms with Gasteiger partial charge in [0.15, 0.2) is 49.6 Å². The molecule has 0 bridgehead atoms. The number of benzene rings is 10. The number of hydrogen-bond acceptors (Lipinski definition) is 12. The maximum atomic E-state index is 13.1. The van der Waals surface area contributed by atoms with Crippen LogP contribution >= 0.6 is 0 Å². The molecule has 0 spiro atoms. The second-order valence-electron chi connectivity index (χ2n) is 21.3. The third-order valence-electron chi connectivity index (χ3n) is 14.2. The quantitative estimate of drug-likeness (QED) is 0.0126. The van der Waals surface area contributed by atoms with Gasteiger partial charge in [0, 0.05) is 24.3 Å². The van der Waals surface area contributed by atoms with Gasteiger partial charge in [-0.05, 0) is 143 Å². The van der Waals surface area contributed by atoms with Gasteiger partial charge in [-0.25, -0.2) is 16.8 Å². The molecule has 0 aliphatic rings. The van der Waals surface area contributed by atoms with Crippen molar-refractivity contribution in [3.8, 4) is 11.5 Å². The van der Waals surface area contributed by atoms with Gasteiger partial charge in [-0.15, -0.1) is 0 Å². The van der Waals surface area contributed by atoms with Gasteiger partial charge in [-0.3, -0.25) is 0 Å². The molecule has 0 amide bonds. The number of aryl methyl sites for hydroxylation is 4. The van der Waals surface area contributed by atoms with Crippen molar-refractivity contribution in [3.63, 3.8) is 0 Å². The van der Waals surface area contributed by atoms with Crippen LogP contribution in [-0.2, 0) is 74.2 Å². The van der Waals surface area contributed by atoms with Crippen molar-refractivity contribution in [1.82, 2.24) is 0 Å². The molecule has 0 saturated carbocycles. The molecule has 10 rings (SSSR count). The minimum Gasteiger partial charge on any atom is -0.743 e. The Morgan fingerprint density at radius 2 is 0.636 bits per heavy atom. The Bertz CT molecular complexity index is 4080. The van der Waals surface area contributed by atoms with Gasteiger partial charge < -0.3 is 37.5 Å². The molecule has 25 heteroatoms. The first kappa shape index (κ1) is 79.9. The summed E-state index contributed by atoms with van der Waals surface area (Å²) in [5.74, 6) is 1.88. The average molecular weight is 1440 g/mol. The molecule has 0 radical (unpaired) electrons. The summed E-state index contributed by atoms with van der Waals surface area (Å²) in [6.45, 7) is 15.6. The fourth-order valence-corrected chi connectivity index (χ4v) is 14.8. The molecular weight excluding hydrogens is 1370 g/mol. The molecule has 10 aromatic rings. The van der Waals surface area contributed by atoms with Crippen LogP contribution in [0.3, 0.4) is 0 Å². The maximum Gasteiger partial charge on any atom is 1.00 e. The molecule has 516 valence electrons. The summed E-state index contributed by atoms with van der Waals surface area (Å²) in [6.07, 6.45) is -7.98. The van der Waals surface area contributed by atoms with E-state index in [4.69, 9.17) is 18.9 Å². The normalized spacial score (nSPS) is 11.8. The number of rotatable bonds is 26. The molecule has 10 aromatic carbocycles. The zero-order valence-corrected chi connectivity index (χ0v) is 57.6. The summed E-state index contributed by atoms with van der Waals surface area (Å²) >= 11 is 0. The van der Waals surface area contributed by atoms with E-state index in [-0.39, 0.29) is 51.8 Å². The second kappa shape index (κ2) is 36.3. The van der Waals surface area contributed by atoms with E-state index in [2.05, 4.69) is 196 Å². The monoisotopic (exact) mass is 1440 g/mol. The number of fused-ring (bicyclic) bond motifs is 2. The number of hydrogen-bond donors (Lipinski definition) is 0. The van der Waals surface area contributed by atoms with E-state index < -0.39 is 56.2 Å². The van der Waals surface area contributed by atoms with Gasteiger partial charge >= 0.3 is 41.6 Å². The SMILES string of the molecule is C=COCCOc1c(C)cc([S+](c2ccccc2)c2ccccc2)cc1C.C=COCCOc1c(C)cc([S+](c2ccccc2)c2ccccc2)cc1C.O=S(=O)([O-])C(F)(F)C(F)(F)OCc1ccc2ccccc2c1.O=S(=O)([O-])C(F)(F)C(F)(F)OCc1ccc2ccccc2c1.[Li+]. The summed E-state index contributed by atoms with van der Waals surface area (Å²) in [5.41, 5.74) is 4.83. The molecular formula is C74H68F8LiO12S4+. The van der Waals surface area contributed by atoms with Crippen LogP contribution in [0.5, 0.6) is 11.5 Å². The van der Waals surface area contributed by atoms with Gasteiger partial charge in [0.05, 0.1) is 47.5 Å². The van der Waals surface area contributed by atoms with Gasteiger partial charge in [-0.1, -0.05) is 159 Å². The van der Waals surface area contributed by atoms with E-state index >= 15 is 0 Å². The molecule has 0 unspecified atom stereocenters. The Morgan fingerprint density at radius 1 is 0.374 bits per heavy atom. The van der Waals surface area contributed by atoms with E-state index in [0.29, 0.717) is 37.2 Å². The predicted octanol–water partition coefficient (Wildman–Crippen LogP) is 15.1. The Hall–Kier alpha value is -8.12. The van der Waals surface area contributed by atoms with Crippen LogP contribution < -0.4 is 28.3 Å². The Kier molecular flexibility index (Phi) is 29.3. The van der Waals surface area contributed by atoms with E-state index in [1.165, 1.54) is 66.2 Å². The standard InChI is InChI=1S/2C24H25O2S.2C13H10F4O4S.Li/c2*1-4-25-15-16-26-24-19(2)17-23(18-20(24)3)27(21-11-7-5-8-12-21)22-13-9-6-10-14-22;2*14-12(15,13(16,17)22(18,19)20)21-8-9-5-6-10-3-1-2-4-11(10)7-9;/h2*4-14,17-18H,1,15-16H2,2-3H3;2*1-7H,8H2,(H,18,19,20);/q2*+1;;;+1/p-2. The van der Waals surface area contributed by atoms with E-state index in [0.717, 1.165) is 44.5 Å². The summed E-state index contributed by atoms with van der Waals surface area (Å²) in [7, 11) is -13.4. The van der Waals surface area contributed by atoms with Crippen LogP contribution in [0.1, 0.15) is 33.4 Å². The van der Waals surface area contributed by atoms with E-state index in [1.54, 1.807) is 60.7 Å². The third kappa shape index (κ3) is 21.5. The summed E-state index contributed by atoms with van der Waals surface area (Å²) in [5, 5.41) is -8.78. The van der Waals surface area contributed by atoms with Gasteiger partial charge in [-0.2, -0.15) is 35.1 Å². The zero-order valence-electron chi connectivity index (χ0n) is 54.3. The van der Waals surface area contributed by atoms with Gasteiger partial charge in [0.25, 0.3) is 0 Å². The molecule has 0 atom stereocenters.